The molecule has 2 rings (SSSR count). The lowest BCUT2D eigenvalue weighted by Crippen LogP contribution is -2.50. The van der Waals surface area contributed by atoms with Crippen LogP contribution in [0.5, 0.6) is 0 Å². The normalized spacial score (nSPS) is 16.8. The molecule has 0 bridgehead atoms. The topological polar surface area (TPSA) is 57.7 Å². The van der Waals surface area contributed by atoms with Crippen LogP contribution < -0.4 is 0 Å². The van der Waals surface area contributed by atoms with Gasteiger partial charge in [-0.05, 0) is 36.6 Å². The minimum absolute atomic E-state index is 0.108. The van der Waals surface area contributed by atoms with Crippen LogP contribution in [0.3, 0.4) is 0 Å². The van der Waals surface area contributed by atoms with E-state index >= 15 is 0 Å². The second-order valence-corrected chi connectivity index (χ2v) is 9.09. The third-order valence-electron chi connectivity index (χ3n) is 3.94. The van der Waals surface area contributed by atoms with Crippen LogP contribution >= 0.6 is 15.9 Å². The zero-order valence-electron chi connectivity index (χ0n) is 13.8. The quantitative estimate of drug-likeness (QED) is 0.777. The fourth-order valence-electron chi connectivity index (χ4n) is 2.58. The Balaban J connectivity index is 2.06. The largest absolute Gasteiger partial charge is 0.340 e. The van der Waals surface area contributed by atoms with Crippen molar-refractivity contribution in [2.45, 2.75) is 32.1 Å². The summed E-state index contributed by atoms with van der Waals surface area (Å²) >= 11 is 3.38. The van der Waals surface area contributed by atoms with Crippen LogP contribution in [0.4, 0.5) is 0 Å². The Morgan fingerprint density at radius 3 is 2.35 bits per heavy atom. The molecule has 1 aliphatic rings. The standard InChI is InChI=1S/C16H23BrN2O3S/c1-12(2)10-16(20)18-6-8-19(9-7-18)23(21,22)14-4-5-15(17)13(3)11-14/h4-5,11-12H,6-10H2,1-3H3. The number of carbonyl (C=O) groups is 1. The highest BCUT2D eigenvalue weighted by atomic mass is 79.9. The van der Waals surface area contributed by atoms with Crippen LogP contribution in [0.1, 0.15) is 25.8 Å². The molecule has 1 saturated heterocycles. The zero-order valence-corrected chi connectivity index (χ0v) is 16.2. The number of amides is 1. The molecule has 0 N–H and O–H groups in total. The molecule has 1 aromatic carbocycles. The average molecular weight is 403 g/mol. The van der Waals surface area contributed by atoms with Gasteiger partial charge in [0.05, 0.1) is 4.90 Å². The molecule has 0 spiro atoms. The minimum atomic E-state index is -3.50. The van der Waals surface area contributed by atoms with Crippen LogP contribution in [0, 0.1) is 12.8 Å². The molecule has 0 aliphatic carbocycles. The smallest absolute Gasteiger partial charge is 0.243 e. The maximum atomic E-state index is 12.7. The van der Waals surface area contributed by atoms with Gasteiger partial charge in [0.25, 0.3) is 0 Å². The Morgan fingerprint density at radius 2 is 1.83 bits per heavy atom. The molecular weight excluding hydrogens is 380 g/mol. The Labute approximate surface area is 146 Å². The van der Waals surface area contributed by atoms with Gasteiger partial charge in [-0.2, -0.15) is 4.31 Å². The lowest BCUT2D eigenvalue weighted by Gasteiger charge is -2.34. The first-order valence-electron chi connectivity index (χ1n) is 7.76. The van der Waals surface area contributed by atoms with Crippen LogP contribution in [0.15, 0.2) is 27.6 Å². The van der Waals surface area contributed by atoms with Crippen molar-refractivity contribution in [1.29, 1.82) is 0 Å². The van der Waals surface area contributed by atoms with Crippen molar-refractivity contribution >= 4 is 31.9 Å². The van der Waals surface area contributed by atoms with Gasteiger partial charge < -0.3 is 4.90 Å². The van der Waals surface area contributed by atoms with Gasteiger partial charge in [0.2, 0.25) is 15.9 Å². The maximum absolute atomic E-state index is 12.7. The molecule has 5 nitrogen and oxygen atoms in total. The molecule has 128 valence electrons. The minimum Gasteiger partial charge on any atom is -0.340 e. The van der Waals surface area contributed by atoms with E-state index in [2.05, 4.69) is 15.9 Å². The van der Waals surface area contributed by atoms with Gasteiger partial charge in [-0.1, -0.05) is 29.8 Å². The number of carbonyl (C=O) groups excluding carboxylic acids is 1. The molecule has 1 fully saturated rings. The maximum Gasteiger partial charge on any atom is 0.243 e. The van der Waals surface area contributed by atoms with E-state index in [9.17, 15) is 13.2 Å². The van der Waals surface area contributed by atoms with E-state index in [1.165, 1.54) is 4.31 Å². The molecule has 0 atom stereocenters. The summed E-state index contributed by atoms with van der Waals surface area (Å²) in [7, 11) is -3.50. The number of piperazine rings is 1. The lowest BCUT2D eigenvalue weighted by atomic mass is 10.1. The Morgan fingerprint density at radius 1 is 1.22 bits per heavy atom. The third-order valence-corrected chi connectivity index (χ3v) is 6.73. The van der Waals surface area contributed by atoms with E-state index in [1.54, 1.807) is 23.1 Å². The number of hydrogen-bond acceptors (Lipinski definition) is 3. The third kappa shape index (κ3) is 4.33. The van der Waals surface area contributed by atoms with E-state index in [0.717, 1.165) is 10.0 Å². The van der Waals surface area contributed by atoms with Crippen molar-refractivity contribution in [3.8, 4) is 0 Å². The Hall–Kier alpha value is -0.920. The van der Waals surface area contributed by atoms with Crippen LogP contribution in [0.2, 0.25) is 0 Å². The predicted octanol–water partition coefficient (Wildman–Crippen LogP) is 2.64. The molecule has 1 amide bonds. The zero-order chi connectivity index (χ0) is 17.2. The fraction of sp³-hybridized carbons (Fsp3) is 0.562. The summed E-state index contributed by atoms with van der Waals surface area (Å²) in [5.41, 5.74) is 0.886. The van der Waals surface area contributed by atoms with Crippen LogP contribution in [0.25, 0.3) is 0 Å². The van der Waals surface area contributed by atoms with Gasteiger partial charge in [0.15, 0.2) is 0 Å². The van der Waals surface area contributed by atoms with E-state index in [1.807, 2.05) is 20.8 Å². The van der Waals surface area contributed by atoms with Crippen molar-refractivity contribution < 1.29 is 13.2 Å². The molecule has 1 aromatic rings. The molecule has 23 heavy (non-hydrogen) atoms. The van der Waals surface area contributed by atoms with E-state index in [4.69, 9.17) is 0 Å². The second-order valence-electron chi connectivity index (χ2n) is 6.29. The Bertz CT molecular complexity index is 681. The molecule has 0 unspecified atom stereocenters. The molecule has 0 aromatic heterocycles. The summed E-state index contributed by atoms with van der Waals surface area (Å²) in [5.74, 6) is 0.423. The summed E-state index contributed by atoms with van der Waals surface area (Å²) in [4.78, 5) is 14.1. The van der Waals surface area contributed by atoms with Crippen molar-refractivity contribution in [3.05, 3.63) is 28.2 Å². The van der Waals surface area contributed by atoms with E-state index < -0.39 is 10.0 Å². The van der Waals surface area contributed by atoms with Crippen molar-refractivity contribution in [3.63, 3.8) is 0 Å². The van der Waals surface area contributed by atoms with Crippen molar-refractivity contribution in [1.82, 2.24) is 9.21 Å². The second kappa shape index (κ2) is 7.32. The summed E-state index contributed by atoms with van der Waals surface area (Å²) in [6.07, 6.45) is 0.513. The number of benzene rings is 1. The van der Waals surface area contributed by atoms with Crippen molar-refractivity contribution in [2.24, 2.45) is 5.92 Å². The first-order chi connectivity index (χ1) is 10.7. The monoisotopic (exact) mass is 402 g/mol. The molecule has 0 saturated carbocycles. The highest BCUT2D eigenvalue weighted by Gasteiger charge is 2.30. The van der Waals surface area contributed by atoms with Gasteiger partial charge in [-0.15, -0.1) is 0 Å². The number of nitrogens with zero attached hydrogens (tertiary/aromatic N) is 2. The van der Waals surface area contributed by atoms with Gasteiger partial charge in [0.1, 0.15) is 0 Å². The molecule has 1 aliphatic heterocycles. The first kappa shape index (κ1) is 18.4. The number of rotatable bonds is 4. The van der Waals surface area contributed by atoms with Gasteiger partial charge in [0, 0.05) is 37.1 Å². The van der Waals surface area contributed by atoms with E-state index in [0.29, 0.717) is 43.4 Å². The number of aryl methyl sites for hydroxylation is 1. The molecule has 0 radical (unpaired) electrons. The molecule has 1 heterocycles. The van der Waals surface area contributed by atoms with Gasteiger partial charge in [-0.3, -0.25) is 4.79 Å². The van der Waals surface area contributed by atoms with E-state index in [-0.39, 0.29) is 5.91 Å². The number of halogens is 1. The number of hydrogen-bond donors (Lipinski definition) is 0. The first-order valence-corrected chi connectivity index (χ1v) is 9.99. The van der Waals surface area contributed by atoms with Gasteiger partial charge in [-0.25, -0.2) is 8.42 Å². The highest BCUT2D eigenvalue weighted by molar-refractivity contribution is 9.10. The predicted molar refractivity (Wildman–Crippen MR) is 93.7 cm³/mol. The number of sulfonamides is 1. The fourth-order valence-corrected chi connectivity index (χ4v) is 4.34. The summed E-state index contributed by atoms with van der Waals surface area (Å²) in [6.45, 7) is 7.50. The average Bonchev–Trinajstić information content (AvgIpc) is 2.49. The molecular formula is C16H23BrN2O3S. The van der Waals surface area contributed by atoms with Crippen LogP contribution in [-0.4, -0.2) is 49.7 Å². The Kier molecular flexibility index (Phi) is 5.86. The van der Waals surface area contributed by atoms with Crippen LogP contribution in [-0.2, 0) is 14.8 Å². The van der Waals surface area contributed by atoms with Gasteiger partial charge >= 0.3 is 0 Å². The summed E-state index contributed by atoms with van der Waals surface area (Å²) in [6, 6.07) is 5.04. The lowest BCUT2D eigenvalue weighted by molar-refractivity contribution is -0.133. The highest BCUT2D eigenvalue weighted by Crippen LogP contribution is 2.23. The van der Waals surface area contributed by atoms with Crippen molar-refractivity contribution in [2.75, 3.05) is 26.2 Å². The molecule has 7 heteroatoms. The summed E-state index contributed by atoms with van der Waals surface area (Å²) in [5, 5.41) is 0. The SMILES string of the molecule is Cc1cc(S(=O)(=O)N2CCN(C(=O)CC(C)C)CC2)ccc1Br. The summed E-state index contributed by atoms with van der Waals surface area (Å²) < 4.78 is 27.8.